The van der Waals surface area contributed by atoms with Crippen LogP contribution in [-0.2, 0) is 6.54 Å². The van der Waals surface area contributed by atoms with Gasteiger partial charge in [-0.15, -0.1) is 0 Å². The third-order valence-electron chi connectivity index (χ3n) is 3.93. The van der Waals surface area contributed by atoms with E-state index in [-0.39, 0.29) is 0 Å². The quantitative estimate of drug-likeness (QED) is 0.804. The lowest BCUT2D eigenvalue weighted by molar-refractivity contribution is 0.292. The Labute approximate surface area is 110 Å². The van der Waals surface area contributed by atoms with E-state index in [2.05, 4.69) is 33.6 Å². The lowest BCUT2D eigenvalue weighted by Gasteiger charge is -2.19. The first-order valence-electron chi connectivity index (χ1n) is 7.31. The lowest BCUT2D eigenvalue weighted by Crippen LogP contribution is -2.25. The molecule has 0 bridgehead atoms. The maximum Gasteiger partial charge on any atom is 0.0948 e. The van der Waals surface area contributed by atoms with Crippen LogP contribution >= 0.6 is 0 Å². The zero-order chi connectivity index (χ0) is 12.8. The summed E-state index contributed by atoms with van der Waals surface area (Å²) in [4.78, 5) is 6.79. The highest BCUT2D eigenvalue weighted by molar-refractivity contribution is 5.07. The van der Waals surface area contributed by atoms with Crippen LogP contribution in [-0.4, -0.2) is 40.6 Å². The van der Waals surface area contributed by atoms with Gasteiger partial charge in [0.1, 0.15) is 0 Å². The van der Waals surface area contributed by atoms with Crippen molar-refractivity contribution in [3.05, 3.63) is 18.2 Å². The van der Waals surface area contributed by atoms with Crippen molar-refractivity contribution >= 4 is 0 Å². The van der Waals surface area contributed by atoms with E-state index in [4.69, 9.17) is 0 Å². The summed E-state index contributed by atoms with van der Waals surface area (Å²) in [5.74, 6) is 0. The topological polar surface area (TPSA) is 33.1 Å². The number of imidazole rings is 1. The van der Waals surface area contributed by atoms with E-state index in [0.717, 1.165) is 26.2 Å². The van der Waals surface area contributed by atoms with E-state index in [1.54, 1.807) is 0 Å². The Balaban J connectivity index is 1.84. The smallest absolute Gasteiger partial charge is 0.0948 e. The molecule has 0 spiro atoms. The molecule has 1 aromatic rings. The largest absolute Gasteiger partial charge is 0.333 e. The van der Waals surface area contributed by atoms with E-state index in [1.807, 2.05) is 12.5 Å². The van der Waals surface area contributed by atoms with Crippen LogP contribution in [0, 0.1) is 0 Å². The molecule has 1 aliphatic heterocycles. The van der Waals surface area contributed by atoms with Crippen LogP contribution in [0.25, 0.3) is 0 Å². The van der Waals surface area contributed by atoms with Crippen molar-refractivity contribution in [2.75, 3.05) is 26.2 Å². The zero-order valence-electron chi connectivity index (χ0n) is 11.7. The van der Waals surface area contributed by atoms with Crippen LogP contribution < -0.4 is 5.32 Å². The van der Waals surface area contributed by atoms with Crippen molar-refractivity contribution in [3.63, 3.8) is 0 Å². The van der Waals surface area contributed by atoms with Gasteiger partial charge in [-0.1, -0.05) is 13.8 Å². The number of aromatic nitrogens is 2. The van der Waals surface area contributed by atoms with Gasteiger partial charge in [0.15, 0.2) is 0 Å². The average molecular weight is 250 g/mol. The average Bonchev–Trinajstić information content (AvgIpc) is 3.04. The molecule has 1 atom stereocenters. The Morgan fingerprint density at radius 3 is 2.94 bits per heavy atom. The minimum Gasteiger partial charge on any atom is -0.333 e. The Kier molecular flexibility index (Phi) is 5.20. The number of nitrogens with zero attached hydrogens (tertiary/aromatic N) is 3. The lowest BCUT2D eigenvalue weighted by atomic mass is 10.2. The summed E-state index contributed by atoms with van der Waals surface area (Å²) in [7, 11) is 0. The Morgan fingerprint density at radius 1 is 1.44 bits per heavy atom. The van der Waals surface area contributed by atoms with Crippen LogP contribution in [0.4, 0.5) is 0 Å². The van der Waals surface area contributed by atoms with Gasteiger partial charge in [0.2, 0.25) is 0 Å². The molecule has 1 aromatic heterocycles. The van der Waals surface area contributed by atoms with Crippen LogP contribution in [0.5, 0.6) is 0 Å². The molecule has 1 aliphatic rings. The summed E-state index contributed by atoms with van der Waals surface area (Å²) in [6, 6.07) is 0.529. The normalized spacial score (nSPS) is 19.8. The Hall–Kier alpha value is -0.870. The molecule has 0 saturated carbocycles. The van der Waals surface area contributed by atoms with Gasteiger partial charge in [0, 0.05) is 18.8 Å². The van der Waals surface area contributed by atoms with E-state index < -0.39 is 0 Å². The molecule has 0 aromatic carbocycles. The van der Waals surface area contributed by atoms with Crippen molar-refractivity contribution in [1.29, 1.82) is 0 Å². The summed E-state index contributed by atoms with van der Waals surface area (Å²) in [5.41, 5.74) is 1.37. The van der Waals surface area contributed by atoms with Crippen molar-refractivity contribution in [3.8, 4) is 0 Å². The van der Waals surface area contributed by atoms with Gasteiger partial charge in [-0.25, -0.2) is 4.98 Å². The monoisotopic (exact) mass is 250 g/mol. The molecule has 102 valence electrons. The number of nitrogens with one attached hydrogen (secondary N) is 1. The minimum atomic E-state index is 0.529. The van der Waals surface area contributed by atoms with E-state index >= 15 is 0 Å². The second kappa shape index (κ2) is 6.90. The van der Waals surface area contributed by atoms with Crippen LogP contribution in [0.3, 0.4) is 0 Å². The number of hydrogen-bond acceptors (Lipinski definition) is 3. The first kappa shape index (κ1) is 13.6. The van der Waals surface area contributed by atoms with Crippen LogP contribution in [0.2, 0.25) is 0 Å². The van der Waals surface area contributed by atoms with Gasteiger partial charge < -0.3 is 14.8 Å². The molecule has 0 aliphatic carbocycles. The second-order valence-corrected chi connectivity index (χ2v) is 5.04. The van der Waals surface area contributed by atoms with Crippen molar-refractivity contribution in [2.24, 2.45) is 0 Å². The number of hydrogen-bond donors (Lipinski definition) is 1. The second-order valence-electron chi connectivity index (χ2n) is 5.04. The van der Waals surface area contributed by atoms with E-state index in [0.29, 0.717) is 6.04 Å². The van der Waals surface area contributed by atoms with Crippen LogP contribution in [0.1, 0.15) is 44.8 Å². The molecule has 4 nitrogen and oxygen atoms in total. The fourth-order valence-corrected chi connectivity index (χ4v) is 2.75. The summed E-state index contributed by atoms with van der Waals surface area (Å²) in [6.07, 6.45) is 7.76. The SMILES string of the molecule is CCN(CC)CCCn1cncc1C1CCCN1. The molecule has 1 fully saturated rings. The first-order chi connectivity index (χ1) is 8.85. The Bertz CT molecular complexity index is 337. The summed E-state index contributed by atoms with van der Waals surface area (Å²) in [6.45, 7) is 10.2. The molecule has 2 heterocycles. The third-order valence-corrected chi connectivity index (χ3v) is 3.93. The van der Waals surface area contributed by atoms with Crippen molar-refractivity contribution in [2.45, 2.75) is 45.7 Å². The van der Waals surface area contributed by atoms with Crippen molar-refractivity contribution in [1.82, 2.24) is 19.8 Å². The summed E-state index contributed by atoms with van der Waals surface area (Å²) >= 11 is 0. The molecule has 0 radical (unpaired) electrons. The van der Waals surface area contributed by atoms with Gasteiger partial charge in [0.25, 0.3) is 0 Å². The predicted octanol–water partition coefficient (Wildman–Crippen LogP) is 2.04. The van der Waals surface area contributed by atoms with Gasteiger partial charge >= 0.3 is 0 Å². The highest BCUT2D eigenvalue weighted by Gasteiger charge is 2.19. The molecule has 1 unspecified atom stereocenters. The van der Waals surface area contributed by atoms with Gasteiger partial charge in [0.05, 0.1) is 12.0 Å². The highest BCUT2D eigenvalue weighted by atomic mass is 15.1. The van der Waals surface area contributed by atoms with E-state index in [1.165, 1.54) is 31.5 Å². The summed E-state index contributed by atoms with van der Waals surface area (Å²) < 4.78 is 2.33. The Morgan fingerprint density at radius 2 is 2.28 bits per heavy atom. The maximum absolute atomic E-state index is 4.31. The van der Waals surface area contributed by atoms with Crippen LogP contribution in [0.15, 0.2) is 12.5 Å². The highest BCUT2D eigenvalue weighted by Crippen LogP contribution is 2.22. The van der Waals surface area contributed by atoms with Gasteiger partial charge in [-0.05, 0) is 45.4 Å². The fourth-order valence-electron chi connectivity index (χ4n) is 2.75. The molecular weight excluding hydrogens is 224 g/mol. The molecule has 18 heavy (non-hydrogen) atoms. The molecular formula is C14H26N4. The predicted molar refractivity (Wildman–Crippen MR) is 74.6 cm³/mol. The third kappa shape index (κ3) is 3.33. The van der Waals surface area contributed by atoms with Gasteiger partial charge in [-0.2, -0.15) is 0 Å². The number of aryl methyl sites for hydroxylation is 1. The van der Waals surface area contributed by atoms with Gasteiger partial charge in [-0.3, -0.25) is 0 Å². The molecule has 4 heteroatoms. The zero-order valence-corrected chi connectivity index (χ0v) is 11.7. The molecule has 1 N–H and O–H groups in total. The summed E-state index contributed by atoms with van der Waals surface area (Å²) in [5, 5.41) is 3.55. The molecule has 1 saturated heterocycles. The molecule has 2 rings (SSSR count). The molecule has 0 amide bonds. The van der Waals surface area contributed by atoms with E-state index in [9.17, 15) is 0 Å². The fraction of sp³-hybridized carbons (Fsp3) is 0.786. The minimum absolute atomic E-state index is 0.529. The number of rotatable bonds is 7. The standard InChI is InChI=1S/C14H26N4/c1-3-17(4-2)9-6-10-18-12-15-11-14(18)13-7-5-8-16-13/h11-13,16H,3-10H2,1-2H3. The van der Waals surface area contributed by atoms with Crippen molar-refractivity contribution < 1.29 is 0 Å². The maximum atomic E-state index is 4.31. The first-order valence-corrected chi connectivity index (χ1v) is 7.31.